The van der Waals surface area contributed by atoms with Gasteiger partial charge in [0.1, 0.15) is 18.0 Å². The number of ether oxygens (including phenoxy) is 3. The van der Waals surface area contributed by atoms with Gasteiger partial charge in [0.05, 0.1) is 13.7 Å². The molecule has 3 nitrogen and oxygen atoms in total. The predicted molar refractivity (Wildman–Crippen MR) is 77.9 cm³/mol. The Morgan fingerprint density at radius 1 is 0.900 bits per heavy atom. The molecular weight excluding hydrogens is 252 g/mol. The Morgan fingerprint density at radius 3 is 2.05 bits per heavy atom. The van der Waals surface area contributed by atoms with Gasteiger partial charge in [-0.25, -0.2) is 0 Å². The van der Waals surface area contributed by atoms with Crippen LogP contribution in [0.2, 0.25) is 0 Å². The normalized spacial score (nSPS) is 20.7. The topological polar surface area (TPSA) is 31.0 Å². The molecule has 2 atom stereocenters. The second kappa shape index (κ2) is 5.65. The standard InChI is InChI=1S/C17H18O3/c1-18-11-16-17(20-16)14-5-3-12(4-6-14)13-7-9-15(19-2)10-8-13/h3-10,16-17H,11H2,1-2H3/t16-,17+/m0/s1. The summed E-state index contributed by atoms with van der Waals surface area (Å²) in [5.74, 6) is 0.874. The molecule has 3 rings (SSSR count). The van der Waals surface area contributed by atoms with Crippen molar-refractivity contribution in [2.24, 2.45) is 0 Å². The molecule has 2 aromatic rings. The molecule has 0 N–H and O–H groups in total. The summed E-state index contributed by atoms with van der Waals surface area (Å²) >= 11 is 0. The SMILES string of the molecule is COC[C@@H]1O[C@@H]1c1ccc(-c2ccc(OC)cc2)cc1. The van der Waals surface area contributed by atoms with Crippen molar-refractivity contribution < 1.29 is 14.2 Å². The summed E-state index contributed by atoms with van der Waals surface area (Å²) in [6.07, 6.45) is 0.409. The highest BCUT2D eigenvalue weighted by molar-refractivity contribution is 5.64. The molecule has 1 aliphatic rings. The van der Waals surface area contributed by atoms with Crippen LogP contribution in [0.25, 0.3) is 11.1 Å². The number of methoxy groups -OCH3 is 2. The summed E-state index contributed by atoms with van der Waals surface area (Å²) in [6, 6.07) is 16.6. The molecular formula is C17H18O3. The fourth-order valence-corrected chi connectivity index (χ4v) is 2.38. The summed E-state index contributed by atoms with van der Waals surface area (Å²) in [5.41, 5.74) is 3.59. The van der Waals surface area contributed by atoms with Gasteiger partial charge in [-0.3, -0.25) is 0 Å². The second-order valence-electron chi connectivity index (χ2n) is 4.90. The van der Waals surface area contributed by atoms with Gasteiger partial charge in [-0.05, 0) is 28.8 Å². The van der Waals surface area contributed by atoms with Crippen molar-refractivity contribution in [3.05, 3.63) is 54.1 Å². The van der Waals surface area contributed by atoms with Crippen LogP contribution in [0.5, 0.6) is 5.75 Å². The molecule has 0 aromatic heterocycles. The van der Waals surface area contributed by atoms with E-state index in [1.165, 1.54) is 16.7 Å². The summed E-state index contributed by atoms with van der Waals surface area (Å²) in [4.78, 5) is 0. The summed E-state index contributed by atoms with van der Waals surface area (Å²) in [7, 11) is 3.38. The lowest BCUT2D eigenvalue weighted by Gasteiger charge is -2.05. The van der Waals surface area contributed by atoms with Crippen molar-refractivity contribution in [1.29, 1.82) is 0 Å². The van der Waals surface area contributed by atoms with Gasteiger partial charge < -0.3 is 14.2 Å². The van der Waals surface area contributed by atoms with Crippen LogP contribution in [0.1, 0.15) is 11.7 Å². The Morgan fingerprint density at radius 2 is 1.50 bits per heavy atom. The Kier molecular flexibility index (Phi) is 3.72. The summed E-state index contributed by atoms with van der Waals surface area (Å²) in [5, 5.41) is 0. The van der Waals surface area contributed by atoms with Gasteiger partial charge in [-0.1, -0.05) is 36.4 Å². The number of rotatable bonds is 5. The first-order valence-electron chi connectivity index (χ1n) is 6.70. The quantitative estimate of drug-likeness (QED) is 0.780. The van der Waals surface area contributed by atoms with E-state index in [1.807, 2.05) is 12.1 Å². The number of benzene rings is 2. The van der Waals surface area contributed by atoms with Gasteiger partial charge in [0.25, 0.3) is 0 Å². The third-order valence-corrected chi connectivity index (χ3v) is 3.58. The largest absolute Gasteiger partial charge is 0.497 e. The van der Waals surface area contributed by atoms with Gasteiger partial charge in [-0.15, -0.1) is 0 Å². The second-order valence-corrected chi connectivity index (χ2v) is 4.90. The molecule has 0 spiro atoms. The number of epoxide rings is 1. The summed E-state index contributed by atoms with van der Waals surface area (Å²) in [6.45, 7) is 0.658. The van der Waals surface area contributed by atoms with Crippen molar-refractivity contribution in [3.63, 3.8) is 0 Å². The van der Waals surface area contributed by atoms with Gasteiger partial charge >= 0.3 is 0 Å². The first-order chi connectivity index (χ1) is 9.81. The van der Waals surface area contributed by atoms with Crippen molar-refractivity contribution in [2.45, 2.75) is 12.2 Å². The van der Waals surface area contributed by atoms with Crippen molar-refractivity contribution >= 4 is 0 Å². The smallest absolute Gasteiger partial charge is 0.118 e. The molecule has 1 aliphatic heterocycles. The van der Waals surface area contributed by atoms with Crippen molar-refractivity contribution in [1.82, 2.24) is 0 Å². The van der Waals surface area contributed by atoms with Gasteiger partial charge in [0.2, 0.25) is 0 Å². The monoisotopic (exact) mass is 270 g/mol. The number of hydrogen-bond acceptors (Lipinski definition) is 3. The van der Waals surface area contributed by atoms with Gasteiger partial charge in [0, 0.05) is 7.11 Å². The van der Waals surface area contributed by atoms with Crippen LogP contribution in [0.4, 0.5) is 0 Å². The lowest BCUT2D eigenvalue weighted by molar-refractivity contribution is 0.171. The highest BCUT2D eigenvalue weighted by atomic mass is 16.6. The minimum atomic E-state index is 0.194. The molecule has 2 aromatic carbocycles. The summed E-state index contributed by atoms with van der Waals surface area (Å²) < 4.78 is 15.8. The minimum absolute atomic E-state index is 0.194. The third-order valence-electron chi connectivity index (χ3n) is 3.58. The first-order valence-corrected chi connectivity index (χ1v) is 6.70. The van der Waals surface area contributed by atoms with Gasteiger partial charge in [0.15, 0.2) is 0 Å². The Labute approximate surface area is 119 Å². The van der Waals surface area contributed by atoms with Crippen molar-refractivity contribution in [3.8, 4) is 16.9 Å². The van der Waals surface area contributed by atoms with E-state index < -0.39 is 0 Å². The van der Waals surface area contributed by atoms with Gasteiger partial charge in [-0.2, -0.15) is 0 Å². The van der Waals surface area contributed by atoms with Crippen molar-refractivity contribution in [2.75, 3.05) is 20.8 Å². The molecule has 0 saturated carbocycles. The van der Waals surface area contributed by atoms with E-state index in [4.69, 9.17) is 14.2 Å². The zero-order valence-corrected chi connectivity index (χ0v) is 11.7. The molecule has 1 saturated heterocycles. The molecule has 0 bridgehead atoms. The third kappa shape index (κ3) is 2.69. The minimum Gasteiger partial charge on any atom is -0.497 e. The van der Waals surface area contributed by atoms with Crippen LogP contribution >= 0.6 is 0 Å². The van der Waals surface area contributed by atoms with Crippen LogP contribution < -0.4 is 4.74 Å². The molecule has 104 valence electrons. The highest BCUT2D eigenvalue weighted by Crippen LogP contribution is 2.39. The molecule has 0 unspecified atom stereocenters. The van der Waals surface area contributed by atoms with E-state index in [9.17, 15) is 0 Å². The average molecular weight is 270 g/mol. The zero-order valence-electron chi connectivity index (χ0n) is 11.7. The maximum Gasteiger partial charge on any atom is 0.118 e. The maximum absolute atomic E-state index is 5.58. The van der Waals surface area contributed by atoms with E-state index in [-0.39, 0.29) is 12.2 Å². The maximum atomic E-state index is 5.58. The van der Waals surface area contributed by atoms with E-state index >= 15 is 0 Å². The van der Waals surface area contributed by atoms with Crippen LogP contribution in [0.15, 0.2) is 48.5 Å². The fraction of sp³-hybridized carbons (Fsp3) is 0.294. The molecule has 0 radical (unpaired) electrons. The first kappa shape index (κ1) is 13.2. The zero-order chi connectivity index (χ0) is 13.9. The van der Waals surface area contributed by atoms with Crippen LogP contribution in [0, 0.1) is 0 Å². The molecule has 3 heteroatoms. The highest BCUT2D eigenvalue weighted by Gasteiger charge is 2.39. The lowest BCUT2D eigenvalue weighted by Crippen LogP contribution is -1.98. The number of hydrogen-bond donors (Lipinski definition) is 0. The molecule has 20 heavy (non-hydrogen) atoms. The van der Waals surface area contributed by atoms with E-state index in [2.05, 4.69) is 36.4 Å². The lowest BCUT2D eigenvalue weighted by atomic mass is 10.0. The molecule has 0 amide bonds. The Balaban J connectivity index is 1.72. The van der Waals surface area contributed by atoms with E-state index in [0.29, 0.717) is 6.61 Å². The fourth-order valence-electron chi connectivity index (χ4n) is 2.38. The predicted octanol–water partition coefficient (Wildman–Crippen LogP) is 3.45. The van der Waals surface area contributed by atoms with Crippen LogP contribution in [-0.4, -0.2) is 26.9 Å². The molecule has 1 fully saturated rings. The Bertz CT molecular complexity index is 560. The molecule has 0 aliphatic carbocycles. The van der Waals surface area contributed by atoms with E-state index in [1.54, 1.807) is 14.2 Å². The van der Waals surface area contributed by atoms with Crippen LogP contribution in [-0.2, 0) is 9.47 Å². The average Bonchev–Trinajstić information content (AvgIpc) is 3.27. The van der Waals surface area contributed by atoms with E-state index in [0.717, 1.165) is 5.75 Å². The van der Waals surface area contributed by atoms with Crippen LogP contribution in [0.3, 0.4) is 0 Å². The molecule has 1 heterocycles. The Hall–Kier alpha value is -1.84.